The van der Waals surface area contributed by atoms with Crippen LogP contribution in [0.25, 0.3) is 17.1 Å². The number of nitrogens with one attached hydrogen (secondary N) is 1. The van der Waals surface area contributed by atoms with Gasteiger partial charge < -0.3 is 20.5 Å². The number of benzene rings is 1. The Hall–Kier alpha value is -2.53. The topological polar surface area (TPSA) is 69.3 Å². The van der Waals surface area contributed by atoms with E-state index < -0.39 is 35.0 Å². The molecule has 1 saturated carbocycles. The summed E-state index contributed by atoms with van der Waals surface area (Å²) in [5.41, 5.74) is -3.25. The molecular weight excluding hydrogens is 500 g/mol. The van der Waals surface area contributed by atoms with Crippen molar-refractivity contribution in [2.75, 3.05) is 13.1 Å². The van der Waals surface area contributed by atoms with E-state index in [2.05, 4.69) is 0 Å². The van der Waals surface area contributed by atoms with Crippen molar-refractivity contribution >= 4 is 5.97 Å². The number of rotatable bonds is 4. The summed E-state index contributed by atoms with van der Waals surface area (Å²) in [5.74, 6) is 5.90. The fraction of sp³-hybridized carbons (Fsp3) is 0.577. The van der Waals surface area contributed by atoms with E-state index in [1.165, 1.54) is 30.8 Å². The number of carbonyl (C=O) groups is 1. The maximum Gasteiger partial charge on any atom is 0.417 e. The predicted molar refractivity (Wildman–Crippen MR) is 128 cm³/mol. The summed E-state index contributed by atoms with van der Waals surface area (Å²) in [7, 11) is 0. The lowest BCUT2D eigenvalue weighted by Crippen LogP contribution is -2.21. The Morgan fingerprint density at radius 3 is 2.03 bits per heavy atom. The lowest BCUT2D eigenvalue weighted by Gasteiger charge is -2.30. The number of aromatic nitrogens is 1. The van der Waals surface area contributed by atoms with Crippen molar-refractivity contribution in [3.63, 3.8) is 0 Å². The zero-order chi connectivity index (χ0) is 27.4. The number of nitrogens with zero attached hydrogens (tertiary/aromatic N) is 2. The second-order valence-electron chi connectivity index (χ2n) is 9.75. The molecule has 1 aliphatic heterocycles. The molecule has 206 valence electrons. The molecule has 0 spiro atoms. The summed E-state index contributed by atoms with van der Waals surface area (Å²) in [4.78, 5) is 11.6. The van der Waals surface area contributed by atoms with E-state index in [-0.39, 0.29) is 29.4 Å². The zero-order valence-corrected chi connectivity index (χ0v) is 20.7. The van der Waals surface area contributed by atoms with Crippen molar-refractivity contribution in [3.8, 4) is 11.3 Å². The molecule has 1 saturated heterocycles. The molecule has 11 heteroatoms. The first kappa shape index (κ1) is 29.0. The molecule has 2 aromatic rings. The van der Waals surface area contributed by atoms with Gasteiger partial charge in [0.2, 0.25) is 0 Å². The summed E-state index contributed by atoms with van der Waals surface area (Å²) in [6.07, 6.45) is -1.28. The number of piperidine rings is 1. The third kappa shape index (κ3) is 7.50. The Morgan fingerprint density at radius 1 is 0.946 bits per heavy atom. The second kappa shape index (κ2) is 11.9. The van der Waals surface area contributed by atoms with Crippen LogP contribution in [-0.4, -0.2) is 33.7 Å². The number of halogens is 6. The van der Waals surface area contributed by atoms with E-state index >= 15 is 0 Å². The smallest absolute Gasteiger partial charge is 0.417 e. The lowest BCUT2D eigenvalue weighted by atomic mass is 9.89. The molecule has 0 bridgehead atoms. The monoisotopic (exact) mass is 532 g/mol. The maximum absolute atomic E-state index is 13.6. The predicted octanol–water partition coefficient (Wildman–Crippen LogP) is 8.22. The Bertz CT molecular complexity index is 1070. The summed E-state index contributed by atoms with van der Waals surface area (Å²) >= 11 is 0. The molecule has 2 heterocycles. The number of hydrogen-bond acceptors (Lipinski definition) is 2. The van der Waals surface area contributed by atoms with Gasteiger partial charge in [0.05, 0.1) is 16.7 Å². The number of carboxylic acid groups (broad SMARTS) is 1. The summed E-state index contributed by atoms with van der Waals surface area (Å²) < 4.78 is 81.9. The van der Waals surface area contributed by atoms with Crippen molar-refractivity contribution in [2.45, 2.75) is 77.2 Å². The molecule has 1 aliphatic carbocycles. The van der Waals surface area contributed by atoms with Crippen molar-refractivity contribution in [1.29, 1.82) is 0 Å². The van der Waals surface area contributed by atoms with Gasteiger partial charge in [0.25, 0.3) is 0 Å². The third-order valence-electron chi connectivity index (χ3n) is 7.05. The van der Waals surface area contributed by atoms with Crippen LogP contribution in [0.2, 0.25) is 0 Å². The summed E-state index contributed by atoms with van der Waals surface area (Å²) in [6, 6.07) is 2.31. The van der Waals surface area contributed by atoms with E-state index in [0.29, 0.717) is 18.2 Å². The van der Waals surface area contributed by atoms with Crippen LogP contribution < -0.4 is 0 Å². The Morgan fingerprint density at radius 2 is 1.54 bits per heavy atom. The minimum atomic E-state index is -4.89. The highest BCUT2D eigenvalue weighted by atomic mass is 19.4. The number of hydrogen-bond donors (Lipinski definition) is 1. The van der Waals surface area contributed by atoms with E-state index in [0.717, 1.165) is 51.3 Å². The summed E-state index contributed by atoms with van der Waals surface area (Å²) in [5, 5.41) is 11.1. The Kier molecular flexibility index (Phi) is 9.33. The highest BCUT2D eigenvalue weighted by Crippen LogP contribution is 2.42. The van der Waals surface area contributed by atoms with Crippen LogP contribution in [0.15, 0.2) is 24.3 Å². The van der Waals surface area contributed by atoms with Crippen LogP contribution in [0.4, 0.5) is 26.3 Å². The van der Waals surface area contributed by atoms with Gasteiger partial charge in [0.1, 0.15) is 0 Å². The third-order valence-corrected chi connectivity index (χ3v) is 7.05. The van der Waals surface area contributed by atoms with Gasteiger partial charge in [-0.15, -0.1) is 0 Å². The highest BCUT2D eigenvalue weighted by Gasteiger charge is 2.38. The molecule has 1 aromatic heterocycles. The van der Waals surface area contributed by atoms with Gasteiger partial charge in [-0.2, -0.15) is 26.3 Å². The van der Waals surface area contributed by atoms with Crippen LogP contribution in [0.5, 0.6) is 0 Å². The average molecular weight is 533 g/mol. The molecule has 2 aliphatic rings. The van der Waals surface area contributed by atoms with Crippen molar-refractivity contribution < 1.29 is 36.2 Å². The quantitative estimate of drug-likeness (QED) is 0.404. The first-order chi connectivity index (χ1) is 17.3. The molecule has 2 fully saturated rings. The van der Waals surface area contributed by atoms with Gasteiger partial charge in [-0.25, -0.2) is 4.79 Å². The van der Waals surface area contributed by atoms with E-state index in [9.17, 15) is 36.2 Å². The maximum atomic E-state index is 13.6. The first-order valence-corrected chi connectivity index (χ1v) is 12.5. The first-order valence-electron chi connectivity index (χ1n) is 12.5. The molecule has 0 atom stereocenters. The number of aromatic carboxylic acids is 1. The normalized spacial score (nSPS) is 17.8. The SMILES string of the molecule is Cc1c(C(=O)O)cc(-c2cc(C(F)(F)F)ccc2C(F)(F)F)n1CC1CCCCC1.[NH-]N1CCCCC1. The van der Waals surface area contributed by atoms with Gasteiger partial charge in [0, 0.05) is 23.5 Å². The Balaban J connectivity index is 0.000000468. The van der Waals surface area contributed by atoms with Gasteiger partial charge in [-0.3, -0.25) is 0 Å². The van der Waals surface area contributed by atoms with E-state index in [4.69, 9.17) is 5.84 Å². The van der Waals surface area contributed by atoms with Gasteiger partial charge >= 0.3 is 18.3 Å². The minimum absolute atomic E-state index is 0.130. The summed E-state index contributed by atoms with van der Waals surface area (Å²) in [6.45, 7) is 3.71. The number of alkyl halides is 6. The second-order valence-corrected chi connectivity index (χ2v) is 9.75. The molecule has 37 heavy (non-hydrogen) atoms. The molecule has 2 N–H and O–H groups in total. The van der Waals surface area contributed by atoms with Crippen LogP contribution in [-0.2, 0) is 18.9 Å². The van der Waals surface area contributed by atoms with E-state index in [1.807, 2.05) is 0 Å². The molecular formula is C26H32F6N3O2-. The van der Waals surface area contributed by atoms with Crippen LogP contribution in [0.1, 0.15) is 78.5 Å². The van der Waals surface area contributed by atoms with Crippen LogP contribution in [0, 0.1) is 12.8 Å². The fourth-order valence-electron chi connectivity index (χ4n) is 5.02. The standard InChI is InChI=1S/C21H21F6NO2.C5H11N2/c1-12-15(19(29)30)10-18(28(12)11-13-5-3-2-4-6-13)16-9-14(20(22,23)24)7-8-17(16)21(25,26)27;6-7-4-2-1-3-5-7/h7-10,13H,2-6,11H2,1H3,(H,29,30);6H,1-5H2/q;-1. The lowest BCUT2D eigenvalue weighted by molar-refractivity contribution is -0.141. The van der Waals surface area contributed by atoms with Gasteiger partial charge in [0.15, 0.2) is 0 Å². The largest absolute Gasteiger partial charge is 0.610 e. The molecule has 0 unspecified atom stereocenters. The molecule has 4 rings (SSSR count). The van der Waals surface area contributed by atoms with Crippen LogP contribution in [0.3, 0.4) is 0 Å². The molecule has 1 aromatic carbocycles. The number of carboxylic acids is 1. The van der Waals surface area contributed by atoms with Crippen molar-refractivity contribution in [3.05, 3.63) is 52.5 Å². The molecule has 5 nitrogen and oxygen atoms in total. The molecule has 0 radical (unpaired) electrons. The average Bonchev–Trinajstić information content (AvgIpc) is 3.15. The van der Waals surface area contributed by atoms with E-state index in [1.54, 1.807) is 5.01 Å². The minimum Gasteiger partial charge on any atom is -0.610 e. The van der Waals surface area contributed by atoms with Crippen molar-refractivity contribution in [2.24, 2.45) is 5.92 Å². The zero-order valence-electron chi connectivity index (χ0n) is 20.7. The highest BCUT2D eigenvalue weighted by molar-refractivity contribution is 5.91. The van der Waals surface area contributed by atoms with Crippen LogP contribution >= 0.6 is 0 Å². The van der Waals surface area contributed by atoms with Crippen molar-refractivity contribution in [1.82, 2.24) is 9.58 Å². The van der Waals surface area contributed by atoms with Gasteiger partial charge in [-0.1, -0.05) is 25.7 Å². The Labute approximate surface area is 212 Å². The fourth-order valence-corrected chi connectivity index (χ4v) is 5.02. The van der Waals surface area contributed by atoms with Gasteiger partial charge in [-0.05, 0) is 75.9 Å². The molecule has 0 amide bonds.